The summed E-state index contributed by atoms with van der Waals surface area (Å²) in [4.78, 5) is 23.7. The van der Waals surface area contributed by atoms with E-state index in [0.29, 0.717) is 36.7 Å². The summed E-state index contributed by atoms with van der Waals surface area (Å²) >= 11 is 6.27. The number of halogens is 2. The molecule has 3 N–H and O–H groups in total. The van der Waals surface area contributed by atoms with Gasteiger partial charge in [-0.05, 0) is 48.9 Å². The number of aromatic nitrogens is 1. The molecule has 0 saturated carbocycles. The fourth-order valence-corrected chi connectivity index (χ4v) is 4.64. The quantitative estimate of drug-likeness (QED) is 0.540. The summed E-state index contributed by atoms with van der Waals surface area (Å²) in [6.07, 6.45) is 2.47. The third-order valence-corrected chi connectivity index (χ3v) is 5.94. The zero-order chi connectivity index (χ0) is 22.0. The van der Waals surface area contributed by atoms with Crippen LogP contribution in [0.4, 0.5) is 9.18 Å². The van der Waals surface area contributed by atoms with E-state index < -0.39 is 11.8 Å². The zero-order valence-electron chi connectivity index (χ0n) is 16.8. The third-order valence-electron chi connectivity index (χ3n) is 5.65. The van der Waals surface area contributed by atoms with E-state index in [9.17, 15) is 19.1 Å². The number of hydrogen-bond donors (Lipinski definition) is 3. The normalized spacial score (nSPS) is 15.5. The molecule has 0 fully saturated rings. The molecule has 1 heterocycles. The molecule has 31 heavy (non-hydrogen) atoms. The molecular formula is C23H23ClFN3O3. The van der Waals surface area contributed by atoms with Crippen LogP contribution in [0.15, 0.2) is 42.5 Å². The number of carboxylic acid groups (broad SMARTS) is 1. The second kappa shape index (κ2) is 8.98. The van der Waals surface area contributed by atoms with Gasteiger partial charge in [-0.15, -0.1) is 0 Å². The van der Waals surface area contributed by atoms with Gasteiger partial charge in [-0.2, -0.15) is 0 Å². The monoisotopic (exact) mass is 443 g/mol. The molecule has 1 aliphatic carbocycles. The minimum Gasteiger partial charge on any atom is -0.480 e. The van der Waals surface area contributed by atoms with Crippen LogP contribution in [0, 0.1) is 5.82 Å². The van der Waals surface area contributed by atoms with Crippen LogP contribution in [-0.2, 0) is 30.6 Å². The van der Waals surface area contributed by atoms with Crippen molar-refractivity contribution in [2.24, 2.45) is 0 Å². The Morgan fingerprint density at radius 3 is 2.74 bits per heavy atom. The van der Waals surface area contributed by atoms with Gasteiger partial charge in [0, 0.05) is 23.7 Å². The molecule has 1 atom stereocenters. The highest BCUT2D eigenvalue weighted by Gasteiger charge is 2.28. The van der Waals surface area contributed by atoms with E-state index >= 15 is 0 Å². The largest absolute Gasteiger partial charge is 0.480 e. The Bertz CT molecular complexity index is 1130. The Labute approximate surface area is 184 Å². The smallest absolute Gasteiger partial charge is 0.323 e. The first-order chi connectivity index (χ1) is 14.9. The number of nitrogens with zero attached hydrogens (tertiary/aromatic N) is 1. The number of carbonyl (C=O) groups excluding carboxylic acids is 1. The molecule has 0 radical (unpaired) electrons. The van der Waals surface area contributed by atoms with E-state index in [2.05, 4.69) is 10.6 Å². The van der Waals surface area contributed by atoms with E-state index in [1.807, 2.05) is 30.3 Å². The molecule has 4 rings (SSSR count). The van der Waals surface area contributed by atoms with Gasteiger partial charge in [0.1, 0.15) is 12.4 Å². The minimum absolute atomic E-state index is 0.129. The van der Waals surface area contributed by atoms with Crippen LogP contribution >= 0.6 is 11.6 Å². The summed E-state index contributed by atoms with van der Waals surface area (Å²) < 4.78 is 15.7. The lowest BCUT2D eigenvalue weighted by Gasteiger charge is -2.25. The van der Waals surface area contributed by atoms with Crippen molar-refractivity contribution in [1.29, 1.82) is 0 Å². The van der Waals surface area contributed by atoms with Gasteiger partial charge in [-0.1, -0.05) is 41.9 Å². The van der Waals surface area contributed by atoms with Crippen molar-refractivity contribution in [3.05, 3.63) is 70.1 Å². The second-order valence-corrected chi connectivity index (χ2v) is 8.17. The highest BCUT2D eigenvalue weighted by atomic mass is 35.5. The molecule has 0 saturated heterocycles. The van der Waals surface area contributed by atoms with Crippen LogP contribution in [0.25, 0.3) is 10.9 Å². The summed E-state index contributed by atoms with van der Waals surface area (Å²) in [5.41, 5.74) is 3.37. The molecule has 0 spiro atoms. The minimum atomic E-state index is -0.988. The summed E-state index contributed by atoms with van der Waals surface area (Å²) in [5.74, 6) is -1.46. The van der Waals surface area contributed by atoms with Crippen LogP contribution in [-0.4, -0.2) is 34.3 Å². The third kappa shape index (κ3) is 4.66. The van der Waals surface area contributed by atoms with E-state index in [-0.39, 0.29) is 23.6 Å². The lowest BCUT2D eigenvalue weighted by Crippen LogP contribution is -2.45. The number of rotatable bonds is 6. The van der Waals surface area contributed by atoms with Crippen molar-refractivity contribution < 1.29 is 19.1 Å². The summed E-state index contributed by atoms with van der Waals surface area (Å²) in [7, 11) is 0. The topological polar surface area (TPSA) is 83.4 Å². The molecule has 0 aliphatic heterocycles. The van der Waals surface area contributed by atoms with E-state index in [4.69, 9.17) is 11.6 Å². The van der Waals surface area contributed by atoms with Crippen molar-refractivity contribution in [3.8, 4) is 0 Å². The molecule has 8 heteroatoms. The average molecular weight is 444 g/mol. The Kier molecular flexibility index (Phi) is 6.13. The van der Waals surface area contributed by atoms with E-state index in [1.54, 1.807) is 4.57 Å². The zero-order valence-corrected chi connectivity index (χ0v) is 17.6. The maximum Gasteiger partial charge on any atom is 0.323 e. The molecule has 162 valence electrons. The maximum atomic E-state index is 14.0. The van der Waals surface area contributed by atoms with Crippen LogP contribution < -0.4 is 10.6 Å². The number of urea groups is 1. The van der Waals surface area contributed by atoms with Crippen molar-refractivity contribution >= 4 is 34.5 Å². The van der Waals surface area contributed by atoms with Gasteiger partial charge in [-0.25, -0.2) is 9.18 Å². The fraction of sp³-hybridized carbons (Fsp3) is 0.304. The van der Waals surface area contributed by atoms with Gasteiger partial charge >= 0.3 is 12.0 Å². The summed E-state index contributed by atoms with van der Waals surface area (Å²) in [6, 6.07) is 12.1. The fourth-order valence-electron chi connectivity index (χ4n) is 4.33. The van der Waals surface area contributed by atoms with Crippen LogP contribution in [0.3, 0.4) is 0 Å². The lowest BCUT2D eigenvalue weighted by atomic mass is 9.91. The molecular weight excluding hydrogens is 421 g/mol. The molecule has 0 bridgehead atoms. The Morgan fingerprint density at radius 1 is 1.23 bits per heavy atom. The van der Waals surface area contributed by atoms with Gasteiger partial charge in [-0.3, -0.25) is 4.79 Å². The number of benzene rings is 2. The second-order valence-electron chi connectivity index (χ2n) is 7.76. The number of nitrogens with one attached hydrogen (secondary N) is 2. The molecule has 2 aromatic carbocycles. The Morgan fingerprint density at radius 2 is 2.00 bits per heavy atom. The predicted molar refractivity (Wildman–Crippen MR) is 117 cm³/mol. The molecule has 1 aliphatic rings. The van der Waals surface area contributed by atoms with Gasteiger partial charge < -0.3 is 20.3 Å². The first-order valence-electron chi connectivity index (χ1n) is 10.2. The first-order valence-corrected chi connectivity index (χ1v) is 10.6. The standard InChI is InChI=1S/C23H23ClFN3O3/c24-19-11-15(25)10-18-17-12-16(6-7-20(17)28(22(18)19)13-21(29)30)27-23(31)26-9-8-14-4-2-1-3-5-14/h1-5,10-11,16H,6-9,12-13H2,(H,29,30)(H2,26,27,31)/t16-/m0/s1. The van der Waals surface area contributed by atoms with Gasteiger partial charge in [0.2, 0.25) is 0 Å². The van der Waals surface area contributed by atoms with Gasteiger partial charge in [0.15, 0.2) is 0 Å². The summed E-state index contributed by atoms with van der Waals surface area (Å²) in [5, 5.41) is 16.0. The Balaban J connectivity index is 1.47. The maximum absolute atomic E-state index is 14.0. The summed E-state index contributed by atoms with van der Waals surface area (Å²) in [6.45, 7) is 0.280. The van der Waals surface area contributed by atoms with E-state index in [1.165, 1.54) is 12.1 Å². The predicted octanol–water partition coefficient (Wildman–Crippen LogP) is 3.92. The van der Waals surface area contributed by atoms with Crippen LogP contribution in [0.2, 0.25) is 5.02 Å². The number of carbonyl (C=O) groups is 2. The molecule has 2 amide bonds. The number of hydrogen-bond acceptors (Lipinski definition) is 2. The van der Waals surface area contributed by atoms with Gasteiger partial charge in [0.25, 0.3) is 0 Å². The molecule has 6 nitrogen and oxygen atoms in total. The van der Waals surface area contributed by atoms with Crippen molar-refractivity contribution in [3.63, 3.8) is 0 Å². The first kappa shape index (κ1) is 21.2. The molecule has 1 aromatic heterocycles. The van der Waals surface area contributed by atoms with Crippen LogP contribution in [0.5, 0.6) is 0 Å². The average Bonchev–Trinajstić information content (AvgIpc) is 3.01. The molecule has 0 unspecified atom stereocenters. The highest BCUT2D eigenvalue weighted by molar-refractivity contribution is 6.35. The SMILES string of the molecule is O=C(O)Cn1c2c(c3cc(F)cc(Cl)c31)C[C@@H](NC(=O)NCCc1ccccc1)CC2. The van der Waals surface area contributed by atoms with Gasteiger partial charge in [0.05, 0.1) is 10.5 Å². The molecule has 3 aromatic rings. The van der Waals surface area contributed by atoms with Crippen molar-refractivity contribution in [1.82, 2.24) is 15.2 Å². The number of aliphatic carboxylic acids is 1. The van der Waals surface area contributed by atoms with Crippen molar-refractivity contribution in [2.75, 3.05) is 6.54 Å². The highest BCUT2D eigenvalue weighted by Crippen LogP contribution is 2.36. The van der Waals surface area contributed by atoms with E-state index in [0.717, 1.165) is 23.2 Å². The van der Waals surface area contributed by atoms with Crippen molar-refractivity contribution in [2.45, 2.75) is 38.3 Å². The number of fused-ring (bicyclic) bond motifs is 3. The van der Waals surface area contributed by atoms with Crippen LogP contribution in [0.1, 0.15) is 23.2 Å². The lowest BCUT2D eigenvalue weighted by molar-refractivity contribution is -0.137. The number of carboxylic acids is 1. The number of amides is 2. The Hall–Kier alpha value is -3.06.